The van der Waals surface area contributed by atoms with Gasteiger partial charge in [0.05, 0.1) is 18.8 Å². The molecule has 1 fully saturated rings. The van der Waals surface area contributed by atoms with Crippen LogP contribution in [0.1, 0.15) is 18.4 Å². The van der Waals surface area contributed by atoms with E-state index in [0.717, 1.165) is 50.6 Å². The van der Waals surface area contributed by atoms with Crippen LogP contribution in [0.5, 0.6) is 0 Å². The molecule has 0 aromatic heterocycles. The minimum atomic E-state index is -0.619. The largest absolute Gasteiger partial charge is 0.327 e. The molecule has 1 amide bonds. The van der Waals surface area contributed by atoms with Crippen molar-refractivity contribution in [2.45, 2.75) is 19.3 Å². The van der Waals surface area contributed by atoms with E-state index in [2.05, 4.69) is 29.6 Å². The summed E-state index contributed by atoms with van der Waals surface area (Å²) in [5.74, 6) is -0.812. The fraction of sp³-hybridized carbons (Fsp3) is 0.350. The van der Waals surface area contributed by atoms with Crippen LogP contribution in [0, 0.1) is 17.6 Å². The number of benzene rings is 2. The Labute approximate surface area is 146 Å². The molecule has 0 aliphatic carbocycles. The normalized spacial score (nSPS) is 20.2. The van der Waals surface area contributed by atoms with Crippen molar-refractivity contribution in [2.24, 2.45) is 5.92 Å². The predicted octanol–water partition coefficient (Wildman–Crippen LogP) is 2.44. The highest BCUT2D eigenvalue weighted by molar-refractivity contribution is 5.91. The molecule has 0 bridgehead atoms. The maximum atomic E-state index is 13.6. The quantitative estimate of drug-likeness (QED) is 0.857. The molecule has 132 valence electrons. The molecule has 0 saturated carbocycles. The number of carbonyl (C=O) groups is 1. The van der Waals surface area contributed by atoms with Gasteiger partial charge in [-0.05, 0) is 42.9 Å². The molecule has 1 heterocycles. The summed E-state index contributed by atoms with van der Waals surface area (Å²) in [5.41, 5.74) is 1.26. The Hall–Kier alpha value is -2.27. The van der Waals surface area contributed by atoms with Crippen molar-refractivity contribution in [3.8, 4) is 0 Å². The number of hydrogen-bond acceptors (Lipinski definition) is 1. The highest BCUT2D eigenvalue weighted by Crippen LogP contribution is 2.17. The summed E-state index contributed by atoms with van der Waals surface area (Å²) in [6.07, 6.45) is 3.23. The molecule has 3 nitrogen and oxygen atoms in total. The van der Waals surface area contributed by atoms with Gasteiger partial charge in [0.25, 0.3) is 5.91 Å². The van der Waals surface area contributed by atoms with Gasteiger partial charge in [-0.1, -0.05) is 30.3 Å². The smallest absolute Gasteiger partial charge is 0.279 e. The first-order chi connectivity index (χ1) is 12.1. The van der Waals surface area contributed by atoms with E-state index in [4.69, 9.17) is 0 Å². The van der Waals surface area contributed by atoms with Crippen molar-refractivity contribution in [1.29, 1.82) is 0 Å². The molecule has 1 aliphatic heterocycles. The molecule has 1 aliphatic rings. The van der Waals surface area contributed by atoms with Gasteiger partial charge in [-0.3, -0.25) is 4.79 Å². The fourth-order valence-electron chi connectivity index (χ4n) is 3.43. The zero-order chi connectivity index (χ0) is 17.6. The van der Waals surface area contributed by atoms with E-state index in [9.17, 15) is 13.6 Å². The predicted molar refractivity (Wildman–Crippen MR) is 93.4 cm³/mol. The van der Waals surface area contributed by atoms with Crippen molar-refractivity contribution >= 4 is 11.6 Å². The Balaban J connectivity index is 1.45. The van der Waals surface area contributed by atoms with Gasteiger partial charge >= 0.3 is 0 Å². The molecule has 0 atom stereocenters. The molecular weight excluding hydrogens is 322 g/mol. The van der Waals surface area contributed by atoms with Crippen molar-refractivity contribution < 1.29 is 18.5 Å². The zero-order valence-electron chi connectivity index (χ0n) is 14.1. The van der Waals surface area contributed by atoms with Crippen LogP contribution in [0.2, 0.25) is 0 Å². The number of nitrogens with one attached hydrogen (secondary N) is 2. The molecular formula is C20H23F2N2O+. The maximum absolute atomic E-state index is 13.6. The van der Waals surface area contributed by atoms with Crippen molar-refractivity contribution in [1.82, 2.24) is 0 Å². The summed E-state index contributed by atoms with van der Waals surface area (Å²) in [6.45, 7) is 2.14. The van der Waals surface area contributed by atoms with Gasteiger partial charge in [-0.2, -0.15) is 0 Å². The van der Waals surface area contributed by atoms with Crippen molar-refractivity contribution in [2.75, 3.05) is 25.0 Å². The average molecular weight is 345 g/mol. The molecule has 2 N–H and O–H groups in total. The summed E-state index contributed by atoms with van der Waals surface area (Å²) in [6, 6.07) is 13.5. The summed E-state index contributed by atoms with van der Waals surface area (Å²) in [5, 5.41) is 2.47. The zero-order valence-corrected chi connectivity index (χ0v) is 14.1. The van der Waals surface area contributed by atoms with Crippen LogP contribution >= 0.6 is 0 Å². The Morgan fingerprint density at radius 3 is 2.52 bits per heavy atom. The highest BCUT2D eigenvalue weighted by Gasteiger charge is 2.24. The minimum absolute atomic E-state index is 0.0941. The number of halogens is 2. The summed E-state index contributed by atoms with van der Waals surface area (Å²) in [4.78, 5) is 13.3. The second-order valence-electron chi connectivity index (χ2n) is 6.73. The highest BCUT2D eigenvalue weighted by atomic mass is 19.1. The second kappa shape index (κ2) is 8.21. The van der Waals surface area contributed by atoms with Crippen LogP contribution in [0.25, 0.3) is 0 Å². The summed E-state index contributed by atoms with van der Waals surface area (Å²) >= 11 is 0. The Kier molecular flexibility index (Phi) is 5.76. The van der Waals surface area contributed by atoms with Crippen LogP contribution in [-0.4, -0.2) is 25.5 Å². The van der Waals surface area contributed by atoms with E-state index in [1.807, 2.05) is 6.07 Å². The van der Waals surface area contributed by atoms with Gasteiger partial charge in [0.2, 0.25) is 0 Å². The number of quaternary nitrogens is 1. The number of piperidine rings is 1. The molecule has 3 rings (SSSR count). The van der Waals surface area contributed by atoms with Gasteiger partial charge in [0.15, 0.2) is 6.54 Å². The van der Waals surface area contributed by atoms with Crippen LogP contribution in [0.4, 0.5) is 14.5 Å². The van der Waals surface area contributed by atoms with Gasteiger partial charge in [0.1, 0.15) is 11.6 Å². The minimum Gasteiger partial charge on any atom is -0.327 e. The molecule has 1 saturated heterocycles. The monoisotopic (exact) mass is 345 g/mol. The molecule has 2 aromatic rings. The first kappa shape index (κ1) is 17.5. The number of carbonyl (C=O) groups excluding carboxylic acids is 1. The number of amides is 1. The third-order valence-electron chi connectivity index (χ3n) is 4.79. The first-order valence-electron chi connectivity index (χ1n) is 8.72. The lowest BCUT2D eigenvalue weighted by Crippen LogP contribution is -3.14. The van der Waals surface area contributed by atoms with Gasteiger partial charge < -0.3 is 10.2 Å². The lowest BCUT2D eigenvalue weighted by molar-refractivity contribution is -0.898. The summed E-state index contributed by atoms with van der Waals surface area (Å²) < 4.78 is 26.7. The third-order valence-corrected chi connectivity index (χ3v) is 4.79. The Morgan fingerprint density at radius 2 is 1.80 bits per heavy atom. The number of hydrogen-bond donors (Lipinski definition) is 2. The number of rotatable bonds is 5. The molecule has 2 aromatic carbocycles. The number of anilines is 1. The average Bonchev–Trinajstić information content (AvgIpc) is 2.61. The lowest BCUT2D eigenvalue weighted by atomic mass is 9.90. The molecule has 5 heteroatoms. The SMILES string of the molecule is O=C(C[NH+]1CCC(Cc2ccccc2)CC1)Nc1cc(F)ccc1F. The van der Waals surface area contributed by atoms with E-state index in [1.165, 1.54) is 10.5 Å². The van der Waals surface area contributed by atoms with Crippen molar-refractivity contribution in [3.63, 3.8) is 0 Å². The Morgan fingerprint density at radius 1 is 1.08 bits per heavy atom. The Bertz CT molecular complexity index is 713. The van der Waals surface area contributed by atoms with Gasteiger partial charge in [-0.15, -0.1) is 0 Å². The number of likely N-dealkylation sites (tertiary alicyclic amines) is 1. The van der Waals surface area contributed by atoms with E-state index in [-0.39, 0.29) is 18.1 Å². The van der Waals surface area contributed by atoms with Gasteiger partial charge in [0, 0.05) is 6.07 Å². The topological polar surface area (TPSA) is 33.5 Å². The third kappa shape index (κ3) is 5.10. The van der Waals surface area contributed by atoms with Gasteiger partial charge in [-0.25, -0.2) is 8.78 Å². The van der Waals surface area contributed by atoms with Crippen LogP contribution in [-0.2, 0) is 11.2 Å². The second-order valence-corrected chi connectivity index (χ2v) is 6.73. The molecule has 0 spiro atoms. The lowest BCUT2D eigenvalue weighted by Gasteiger charge is -2.29. The van der Waals surface area contributed by atoms with Crippen LogP contribution in [0.15, 0.2) is 48.5 Å². The van der Waals surface area contributed by atoms with E-state index in [0.29, 0.717) is 5.92 Å². The summed E-state index contributed by atoms with van der Waals surface area (Å²) in [7, 11) is 0. The molecule has 0 unspecified atom stereocenters. The fourth-order valence-corrected chi connectivity index (χ4v) is 3.43. The van der Waals surface area contributed by atoms with Crippen LogP contribution < -0.4 is 10.2 Å². The van der Waals surface area contributed by atoms with E-state index >= 15 is 0 Å². The first-order valence-corrected chi connectivity index (χ1v) is 8.72. The maximum Gasteiger partial charge on any atom is 0.279 e. The van der Waals surface area contributed by atoms with Crippen molar-refractivity contribution in [3.05, 3.63) is 65.7 Å². The van der Waals surface area contributed by atoms with Crippen LogP contribution in [0.3, 0.4) is 0 Å². The van der Waals surface area contributed by atoms with E-state index in [1.54, 1.807) is 0 Å². The standard InChI is InChI=1S/C20H22F2N2O/c21-17-6-7-18(22)19(13-17)23-20(25)14-24-10-8-16(9-11-24)12-15-4-2-1-3-5-15/h1-7,13,16H,8-12,14H2,(H,23,25)/p+1. The van der Waals surface area contributed by atoms with E-state index < -0.39 is 11.6 Å². The molecule has 0 radical (unpaired) electrons. The molecule has 25 heavy (non-hydrogen) atoms.